The van der Waals surface area contributed by atoms with Gasteiger partial charge in [0.05, 0.1) is 6.42 Å². The molecule has 0 fully saturated rings. The Morgan fingerprint density at radius 3 is 2.38 bits per heavy atom. The number of halogens is 1. The van der Waals surface area contributed by atoms with Gasteiger partial charge in [0.25, 0.3) is 0 Å². The summed E-state index contributed by atoms with van der Waals surface area (Å²) in [5, 5.41) is 3.38. The van der Waals surface area contributed by atoms with E-state index in [2.05, 4.69) is 11.9 Å². The Hall–Kier alpha value is -2.59. The van der Waals surface area contributed by atoms with Gasteiger partial charge in [-0.1, -0.05) is 60.1 Å². The van der Waals surface area contributed by atoms with Crippen molar-refractivity contribution in [2.75, 3.05) is 6.54 Å². The van der Waals surface area contributed by atoms with Gasteiger partial charge in [0, 0.05) is 18.1 Å². The first-order valence-corrected chi connectivity index (χ1v) is 8.85. The fraction of sp³-hybridized carbons (Fsp3) is 0.238. The van der Waals surface area contributed by atoms with Crippen molar-refractivity contribution >= 4 is 23.4 Å². The molecule has 0 aliphatic heterocycles. The second-order valence-electron chi connectivity index (χ2n) is 6.02. The number of rotatable bonds is 8. The van der Waals surface area contributed by atoms with Crippen LogP contribution in [0.5, 0.6) is 0 Å². The van der Waals surface area contributed by atoms with Crippen LogP contribution in [0.2, 0.25) is 5.02 Å². The van der Waals surface area contributed by atoms with Crippen LogP contribution in [0.1, 0.15) is 18.1 Å². The van der Waals surface area contributed by atoms with Crippen molar-refractivity contribution < 1.29 is 9.59 Å². The average molecular weight is 371 g/mol. The zero-order valence-corrected chi connectivity index (χ0v) is 15.6. The third kappa shape index (κ3) is 5.74. The molecule has 2 aromatic rings. The Morgan fingerprint density at radius 1 is 1.12 bits per heavy atom. The quantitative estimate of drug-likeness (QED) is 0.722. The van der Waals surface area contributed by atoms with E-state index in [1.54, 1.807) is 30.0 Å². The van der Waals surface area contributed by atoms with Gasteiger partial charge in [-0.05, 0) is 30.2 Å². The Balaban J connectivity index is 2.17. The molecule has 0 aliphatic carbocycles. The summed E-state index contributed by atoms with van der Waals surface area (Å²) in [6.07, 6.45) is 1.82. The summed E-state index contributed by atoms with van der Waals surface area (Å²) >= 11 is 5.90. The van der Waals surface area contributed by atoms with E-state index in [-0.39, 0.29) is 18.2 Å². The fourth-order valence-electron chi connectivity index (χ4n) is 2.56. The average Bonchev–Trinajstić information content (AvgIpc) is 2.66. The Bertz CT molecular complexity index is 744. The maximum atomic E-state index is 12.9. The lowest BCUT2D eigenvalue weighted by Crippen LogP contribution is -2.48. The molecule has 0 heterocycles. The van der Waals surface area contributed by atoms with Crippen molar-refractivity contribution in [3.05, 3.63) is 83.4 Å². The summed E-state index contributed by atoms with van der Waals surface area (Å²) in [6.45, 7) is 6.07. The van der Waals surface area contributed by atoms with Crippen LogP contribution in [0.25, 0.3) is 0 Å². The summed E-state index contributed by atoms with van der Waals surface area (Å²) in [6, 6.07) is 16.2. The Morgan fingerprint density at radius 2 is 1.77 bits per heavy atom. The Kier molecular flexibility index (Phi) is 7.42. The minimum atomic E-state index is -0.588. The van der Waals surface area contributed by atoms with Crippen molar-refractivity contribution in [1.82, 2.24) is 10.2 Å². The van der Waals surface area contributed by atoms with Gasteiger partial charge < -0.3 is 10.2 Å². The van der Waals surface area contributed by atoms with Gasteiger partial charge >= 0.3 is 0 Å². The van der Waals surface area contributed by atoms with Gasteiger partial charge in [-0.2, -0.15) is 0 Å². The van der Waals surface area contributed by atoms with Crippen molar-refractivity contribution in [3.8, 4) is 0 Å². The number of hydrogen-bond acceptors (Lipinski definition) is 2. The van der Waals surface area contributed by atoms with Crippen LogP contribution in [-0.2, 0) is 22.6 Å². The van der Waals surface area contributed by atoms with Gasteiger partial charge in [-0.25, -0.2) is 0 Å². The minimum Gasteiger partial charge on any atom is -0.351 e. The molecule has 26 heavy (non-hydrogen) atoms. The first-order chi connectivity index (χ1) is 12.5. The van der Waals surface area contributed by atoms with E-state index >= 15 is 0 Å². The Labute approximate surface area is 159 Å². The molecular weight excluding hydrogens is 348 g/mol. The maximum Gasteiger partial charge on any atom is 0.242 e. The van der Waals surface area contributed by atoms with E-state index in [1.165, 1.54) is 0 Å². The number of amides is 2. The smallest absolute Gasteiger partial charge is 0.242 e. The van der Waals surface area contributed by atoms with Gasteiger partial charge in [0.1, 0.15) is 6.04 Å². The van der Waals surface area contributed by atoms with Crippen LogP contribution in [0, 0.1) is 0 Å². The van der Waals surface area contributed by atoms with Crippen LogP contribution >= 0.6 is 11.6 Å². The lowest BCUT2D eigenvalue weighted by Gasteiger charge is -2.29. The summed E-state index contributed by atoms with van der Waals surface area (Å²) in [5.74, 6) is -0.317. The number of hydrogen-bond donors (Lipinski definition) is 1. The summed E-state index contributed by atoms with van der Waals surface area (Å²) in [7, 11) is 0. The molecule has 4 nitrogen and oxygen atoms in total. The summed E-state index contributed by atoms with van der Waals surface area (Å²) in [4.78, 5) is 26.9. The van der Waals surface area contributed by atoms with E-state index in [4.69, 9.17) is 11.6 Å². The molecule has 2 amide bonds. The van der Waals surface area contributed by atoms with Gasteiger partial charge in [0.2, 0.25) is 11.8 Å². The molecule has 0 radical (unpaired) electrons. The number of nitrogens with one attached hydrogen (secondary N) is 1. The first kappa shape index (κ1) is 19.7. The molecule has 0 spiro atoms. The molecule has 5 heteroatoms. The summed E-state index contributed by atoms with van der Waals surface area (Å²) < 4.78 is 0. The molecule has 1 N–H and O–H groups in total. The molecule has 0 aliphatic rings. The molecule has 0 aromatic heterocycles. The molecule has 0 bridgehead atoms. The highest BCUT2D eigenvalue weighted by Gasteiger charge is 2.25. The van der Waals surface area contributed by atoms with Crippen LogP contribution in [0.4, 0.5) is 0 Å². The molecule has 0 saturated carbocycles. The third-order valence-electron chi connectivity index (χ3n) is 4.05. The van der Waals surface area contributed by atoms with Gasteiger partial charge in [-0.3, -0.25) is 9.59 Å². The third-order valence-corrected chi connectivity index (χ3v) is 4.30. The predicted molar refractivity (Wildman–Crippen MR) is 105 cm³/mol. The highest BCUT2D eigenvalue weighted by Crippen LogP contribution is 2.14. The topological polar surface area (TPSA) is 49.4 Å². The molecule has 0 saturated heterocycles. The van der Waals surface area contributed by atoms with Crippen LogP contribution < -0.4 is 5.32 Å². The number of nitrogens with zero attached hydrogens (tertiary/aromatic N) is 1. The lowest BCUT2D eigenvalue weighted by atomic mass is 10.1. The predicted octanol–water partition coefficient (Wildman–Crippen LogP) is 3.60. The lowest BCUT2D eigenvalue weighted by molar-refractivity contribution is -0.140. The SMILES string of the molecule is C=CCNC(=O)C(C)N(Cc1ccccc1)C(=O)Cc1ccc(Cl)cc1. The van der Waals surface area contributed by atoms with Crippen LogP contribution in [0.3, 0.4) is 0 Å². The highest BCUT2D eigenvalue weighted by atomic mass is 35.5. The summed E-state index contributed by atoms with van der Waals surface area (Å²) in [5.41, 5.74) is 1.83. The second kappa shape index (κ2) is 9.78. The van der Waals surface area contributed by atoms with E-state index in [1.807, 2.05) is 42.5 Å². The van der Waals surface area contributed by atoms with Crippen LogP contribution in [-0.4, -0.2) is 29.3 Å². The zero-order valence-electron chi connectivity index (χ0n) is 14.8. The second-order valence-corrected chi connectivity index (χ2v) is 6.46. The van der Waals surface area contributed by atoms with Crippen molar-refractivity contribution in [3.63, 3.8) is 0 Å². The van der Waals surface area contributed by atoms with E-state index < -0.39 is 6.04 Å². The number of carbonyl (C=O) groups excluding carboxylic acids is 2. The molecule has 136 valence electrons. The van der Waals surface area contributed by atoms with Crippen LogP contribution in [0.15, 0.2) is 67.3 Å². The van der Waals surface area contributed by atoms with Gasteiger partial charge in [-0.15, -0.1) is 6.58 Å². The fourth-order valence-corrected chi connectivity index (χ4v) is 2.69. The normalized spacial score (nSPS) is 11.5. The highest BCUT2D eigenvalue weighted by molar-refractivity contribution is 6.30. The molecule has 1 unspecified atom stereocenters. The molecular formula is C21H23ClN2O2. The maximum absolute atomic E-state index is 12.9. The molecule has 1 atom stereocenters. The van der Waals surface area contributed by atoms with Crippen molar-refractivity contribution in [2.24, 2.45) is 0 Å². The van der Waals surface area contributed by atoms with Crippen molar-refractivity contribution in [1.29, 1.82) is 0 Å². The van der Waals surface area contributed by atoms with Gasteiger partial charge in [0.15, 0.2) is 0 Å². The minimum absolute atomic E-state index is 0.113. The number of benzene rings is 2. The zero-order chi connectivity index (χ0) is 18.9. The standard InChI is InChI=1S/C21H23ClN2O2/c1-3-13-23-21(26)16(2)24(15-18-7-5-4-6-8-18)20(25)14-17-9-11-19(22)12-10-17/h3-12,16H,1,13-15H2,2H3,(H,23,26). The monoisotopic (exact) mass is 370 g/mol. The van der Waals surface area contributed by atoms with Crippen molar-refractivity contribution in [2.45, 2.75) is 25.9 Å². The van der Waals surface area contributed by atoms with E-state index in [0.717, 1.165) is 11.1 Å². The largest absolute Gasteiger partial charge is 0.351 e. The number of carbonyl (C=O) groups is 2. The molecule has 2 rings (SSSR count). The van der Waals surface area contributed by atoms with E-state index in [0.29, 0.717) is 18.1 Å². The van der Waals surface area contributed by atoms with E-state index in [9.17, 15) is 9.59 Å². The first-order valence-electron chi connectivity index (χ1n) is 8.47. The molecule has 2 aromatic carbocycles.